The van der Waals surface area contributed by atoms with Crippen LogP contribution in [0.15, 0.2) is 12.2 Å². The summed E-state index contributed by atoms with van der Waals surface area (Å²) in [7, 11) is 0. The van der Waals surface area contributed by atoms with Crippen LogP contribution in [0.2, 0.25) is 0 Å². The number of carbonyl (C=O) groups is 1. The third-order valence-corrected chi connectivity index (χ3v) is 7.19. The number of hydrogen-bond acceptors (Lipinski definition) is 2. The molecule has 0 aromatic heterocycles. The number of allylic oxidation sites excluding steroid dienone is 1. The fraction of sp³-hybridized carbons (Fsp3) is 0.850. The van der Waals surface area contributed by atoms with E-state index in [4.69, 9.17) is 4.74 Å². The van der Waals surface area contributed by atoms with Crippen LogP contribution in [0.3, 0.4) is 0 Å². The standard InChI is InChI=1S/C20H31NO2/c1-5-13-7-8-14-15(11-13)18(22)21-19(14)23-17-10-12(2)6-9-16(17)20(21,3)4/h7-8,12-17,19H,5-6,9-11H2,1-4H3/t12-,13+,14-,15+,16-,17-,19?/m1/s1. The van der Waals surface area contributed by atoms with Gasteiger partial charge >= 0.3 is 0 Å². The van der Waals surface area contributed by atoms with Crippen LogP contribution in [-0.2, 0) is 9.53 Å². The van der Waals surface area contributed by atoms with Gasteiger partial charge in [-0.05, 0) is 51.4 Å². The highest BCUT2D eigenvalue weighted by Crippen LogP contribution is 2.52. The van der Waals surface area contributed by atoms with Crippen molar-refractivity contribution in [2.24, 2.45) is 29.6 Å². The Morgan fingerprint density at radius 1 is 1.26 bits per heavy atom. The van der Waals surface area contributed by atoms with Crippen molar-refractivity contribution in [3.8, 4) is 0 Å². The van der Waals surface area contributed by atoms with Crippen molar-refractivity contribution >= 4 is 5.91 Å². The first-order valence-electron chi connectivity index (χ1n) is 9.60. The van der Waals surface area contributed by atoms with Crippen LogP contribution in [0, 0.1) is 29.6 Å². The maximum atomic E-state index is 13.2. The van der Waals surface area contributed by atoms with E-state index < -0.39 is 0 Å². The smallest absolute Gasteiger partial charge is 0.228 e. The van der Waals surface area contributed by atoms with Crippen molar-refractivity contribution in [2.45, 2.75) is 77.7 Å². The molecule has 2 aliphatic heterocycles. The van der Waals surface area contributed by atoms with Crippen LogP contribution in [0.25, 0.3) is 0 Å². The highest BCUT2D eigenvalue weighted by Gasteiger charge is 2.60. The van der Waals surface area contributed by atoms with Gasteiger partial charge in [-0.3, -0.25) is 4.79 Å². The van der Waals surface area contributed by atoms with E-state index in [1.165, 1.54) is 12.8 Å². The molecule has 0 aromatic rings. The lowest BCUT2D eigenvalue weighted by molar-refractivity contribution is -0.224. The number of nitrogens with zero attached hydrogens (tertiary/aromatic N) is 1. The van der Waals surface area contributed by atoms with Crippen LogP contribution >= 0.6 is 0 Å². The predicted octanol–water partition coefficient (Wildman–Crippen LogP) is 3.99. The Kier molecular flexibility index (Phi) is 3.64. The summed E-state index contributed by atoms with van der Waals surface area (Å²) >= 11 is 0. The molecular weight excluding hydrogens is 286 g/mol. The molecular formula is C20H31NO2. The minimum absolute atomic E-state index is 0.0249. The maximum Gasteiger partial charge on any atom is 0.228 e. The SMILES string of the molecule is CC[C@H]1C=C[C@H]2C3O[C@@H]4C[C@H](C)CC[C@H]4C(C)(C)N3C(=O)[C@H]2C1. The molecule has 3 nitrogen and oxygen atoms in total. The molecule has 2 saturated heterocycles. The molecule has 4 aliphatic rings. The van der Waals surface area contributed by atoms with E-state index in [1.54, 1.807) is 0 Å². The predicted molar refractivity (Wildman–Crippen MR) is 90.6 cm³/mol. The topological polar surface area (TPSA) is 29.5 Å². The minimum Gasteiger partial charge on any atom is -0.354 e. The summed E-state index contributed by atoms with van der Waals surface area (Å²) in [4.78, 5) is 15.3. The van der Waals surface area contributed by atoms with Gasteiger partial charge < -0.3 is 9.64 Å². The number of fused-ring (bicyclic) bond motifs is 4. The Morgan fingerprint density at radius 3 is 2.78 bits per heavy atom. The highest BCUT2D eigenvalue weighted by molar-refractivity contribution is 5.83. The highest BCUT2D eigenvalue weighted by atomic mass is 16.5. The Bertz CT molecular complexity index is 526. The normalized spacial score (nSPS) is 47.9. The average Bonchev–Trinajstić information content (AvgIpc) is 2.80. The van der Waals surface area contributed by atoms with Crippen molar-refractivity contribution in [3.05, 3.63) is 12.2 Å². The first kappa shape index (κ1) is 15.7. The summed E-state index contributed by atoms with van der Waals surface area (Å²) in [5.74, 6) is 2.56. The number of amides is 1. The molecule has 2 aliphatic carbocycles. The Labute approximate surface area is 140 Å². The van der Waals surface area contributed by atoms with Crippen LogP contribution in [0.5, 0.6) is 0 Å². The van der Waals surface area contributed by atoms with E-state index in [0.29, 0.717) is 23.8 Å². The Morgan fingerprint density at radius 2 is 2.04 bits per heavy atom. The van der Waals surface area contributed by atoms with Crippen molar-refractivity contribution < 1.29 is 9.53 Å². The first-order valence-corrected chi connectivity index (χ1v) is 9.60. The van der Waals surface area contributed by atoms with E-state index in [2.05, 4.69) is 44.7 Å². The van der Waals surface area contributed by atoms with Gasteiger partial charge in [-0.2, -0.15) is 0 Å². The van der Waals surface area contributed by atoms with Crippen molar-refractivity contribution in [2.75, 3.05) is 0 Å². The largest absolute Gasteiger partial charge is 0.354 e. The van der Waals surface area contributed by atoms with Gasteiger partial charge in [0.1, 0.15) is 6.23 Å². The molecule has 0 bridgehead atoms. The molecule has 4 rings (SSSR count). The number of hydrogen-bond donors (Lipinski definition) is 0. The average molecular weight is 317 g/mol. The summed E-state index contributed by atoms with van der Waals surface area (Å²) in [6, 6.07) is 0. The lowest BCUT2D eigenvalue weighted by Gasteiger charge is -2.55. The monoisotopic (exact) mass is 317 g/mol. The van der Waals surface area contributed by atoms with Gasteiger partial charge in [0.2, 0.25) is 5.91 Å². The third kappa shape index (κ3) is 2.22. The van der Waals surface area contributed by atoms with Crippen LogP contribution in [0.4, 0.5) is 0 Å². The Balaban J connectivity index is 1.67. The molecule has 7 atom stereocenters. The molecule has 2 heterocycles. The summed E-state index contributed by atoms with van der Waals surface area (Å²) < 4.78 is 6.58. The number of rotatable bonds is 1. The first-order chi connectivity index (χ1) is 10.9. The second-order valence-corrected chi connectivity index (χ2v) is 8.92. The lowest BCUT2D eigenvalue weighted by atomic mass is 9.70. The maximum absolute atomic E-state index is 13.2. The van der Waals surface area contributed by atoms with Crippen LogP contribution in [-0.4, -0.2) is 28.7 Å². The molecule has 3 fully saturated rings. The van der Waals surface area contributed by atoms with Gasteiger partial charge in [0, 0.05) is 23.3 Å². The molecule has 1 saturated carbocycles. The lowest BCUT2D eigenvalue weighted by Crippen LogP contribution is -2.64. The zero-order chi connectivity index (χ0) is 16.4. The van der Waals surface area contributed by atoms with Gasteiger partial charge in [-0.25, -0.2) is 0 Å². The van der Waals surface area contributed by atoms with Gasteiger partial charge in [0.05, 0.1) is 6.10 Å². The van der Waals surface area contributed by atoms with Crippen LogP contribution < -0.4 is 0 Å². The number of carbonyl (C=O) groups excluding carboxylic acids is 1. The molecule has 0 N–H and O–H groups in total. The summed E-state index contributed by atoms with van der Waals surface area (Å²) in [5.41, 5.74) is -0.0717. The summed E-state index contributed by atoms with van der Waals surface area (Å²) in [5, 5.41) is 0. The third-order valence-electron chi connectivity index (χ3n) is 7.19. The fourth-order valence-corrected chi connectivity index (χ4v) is 5.73. The minimum atomic E-state index is -0.0717. The van der Waals surface area contributed by atoms with Crippen molar-refractivity contribution in [3.63, 3.8) is 0 Å². The molecule has 0 spiro atoms. The molecule has 0 aromatic carbocycles. The van der Waals surface area contributed by atoms with Crippen molar-refractivity contribution in [1.29, 1.82) is 0 Å². The van der Waals surface area contributed by atoms with Gasteiger partial charge in [0.25, 0.3) is 0 Å². The van der Waals surface area contributed by atoms with Gasteiger partial charge in [0.15, 0.2) is 0 Å². The summed E-state index contributed by atoms with van der Waals surface area (Å²) in [6.07, 6.45) is 10.7. The van der Waals surface area contributed by atoms with Gasteiger partial charge in [-0.15, -0.1) is 0 Å². The van der Waals surface area contributed by atoms with Crippen molar-refractivity contribution in [1.82, 2.24) is 4.90 Å². The molecule has 1 amide bonds. The van der Waals surface area contributed by atoms with E-state index >= 15 is 0 Å². The van der Waals surface area contributed by atoms with Crippen LogP contribution in [0.1, 0.15) is 59.8 Å². The molecule has 23 heavy (non-hydrogen) atoms. The molecule has 3 heteroatoms. The zero-order valence-electron chi connectivity index (χ0n) is 15.0. The van der Waals surface area contributed by atoms with E-state index in [0.717, 1.165) is 25.2 Å². The van der Waals surface area contributed by atoms with E-state index in [1.807, 2.05) is 0 Å². The fourth-order valence-electron chi connectivity index (χ4n) is 5.73. The summed E-state index contributed by atoms with van der Waals surface area (Å²) in [6.45, 7) is 9.13. The number of ether oxygens (including phenoxy) is 1. The Hall–Kier alpha value is -0.830. The van der Waals surface area contributed by atoms with E-state index in [-0.39, 0.29) is 23.6 Å². The quantitative estimate of drug-likeness (QED) is 0.684. The molecule has 0 radical (unpaired) electrons. The zero-order valence-corrected chi connectivity index (χ0v) is 15.0. The van der Waals surface area contributed by atoms with E-state index in [9.17, 15) is 4.79 Å². The second kappa shape index (κ2) is 5.34. The second-order valence-electron chi connectivity index (χ2n) is 8.92. The molecule has 128 valence electrons. The van der Waals surface area contributed by atoms with Gasteiger partial charge in [-0.1, -0.05) is 32.4 Å². The molecule has 1 unspecified atom stereocenters.